The Morgan fingerprint density at radius 1 is 1.11 bits per heavy atom. The molecule has 3 aromatic heterocycles. The van der Waals surface area contributed by atoms with Crippen molar-refractivity contribution in [1.82, 2.24) is 19.7 Å². The van der Waals surface area contributed by atoms with E-state index in [1.807, 2.05) is 30.3 Å². The molecule has 4 rings (SSSR count). The van der Waals surface area contributed by atoms with Crippen molar-refractivity contribution in [1.29, 1.82) is 0 Å². The molecule has 3 heterocycles. The van der Waals surface area contributed by atoms with E-state index in [4.69, 9.17) is 9.15 Å². The molecule has 0 fully saturated rings. The van der Waals surface area contributed by atoms with E-state index in [2.05, 4.69) is 20.4 Å². The van der Waals surface area contributed by atoms with Crippen LogP contribution in [0.3, 0.4) is 0 Å². The number of hydrogen-bond acceptors (Lipinski definition) is 7. The van der Waals surface area contributed by atoms with E-state index in [0.717, 1.165) is 0 Å². The third kappa shape index (κ3) is 4.07. The standard InChI is InChI=1S/C20H17N5O3/c26-18(14-28-16-7-2-1-3-8-16)25-20(22-13-17-9-5-11-27-17)23-19(24-25)15-6-4-10-21-12-15/h1-12H,13-14H2,(H,22,23,24). The highest BCUT2D eigenvalue weighted by Gasteiger charge is 2.18. The predicted octanol–water partition coefficient (Wildman–Crippen LogP) is 3.26. The first-order valence-electron chi connectivity index (χ1n) is 8.64. The lowest BCUT2D eigenvalue weighted by Gasteiger charge is -2.07. The smallest absolute Gasteiger partial charge is 0.287 e. The number of pyridine rings is 1. The molecule has 0 radical (unpaired) electrons. The van der Waals surface area contributed by atoms with Gasteiger partial charge in [-0.05, 0) is 36.4 Å². The zero-order valence-corrected chi connectivity index (χ0v) is 14.9. The van der Waals surface area contributed by atoms with Crippen LogP contribution in [0.5, 0.6) is 5.75 Å². The molecule has 28 heavy (non-hydrogen) atoms. The molecule has 140 valence electrons. The number of aromatic nitrogens is 4. The van der Waals surface area contributed by atoms with Gasteiger partial charge in [0.2, 0.25) is 5.95 Å². The molecule has 0 aliphatic carbocycles. The highest BCUT2D eigenvalue weighted by atomic mass is 16.5. The fourth-order valence-electron chi connectivity index (χ4n) is 2.52. The second kappa shape index (κ2) is 8.17. The van der Waals surface area contributed by atoms with E-state index in [1.54, 1.807) is 42.9 Å². The van der Waals surface area contributed by atoms with Gasteiger partial charge in [-0.15, -0.1) is 5.10 Å². The van der Waals surface area contributed by atoms with E-state index in [9.17, 15) is 4.79 Å². The fourth-order valence-corrected chi connectivity index (χ4v) is 2.52. The first-order valence-corrected chi connectivity index (χ1v) is 8.64. The number of anilines is 1. The van der Waals surface area contributed by atoms with E-state index < -0.39 is 0 Å². The van der Waals surface area contributed by atoms with Crippen molar-refractivity contribution in [3.8, 4) is 17.1 Å². The number of benzene rings is 1. The molecule has 1 N–H and O–H groups in total. The fraction of sp³-hybridized carbons (Fsp3) is 0.100. The molecule has 0 aliphatic rings. The quantitative estimate of drug-likeness (QED) is 0.530. The lowest BCUT2D eigenvalue weighted by molar-refractivity contribution is 0.0824. The Labute approximate surface area is 160 Å². The van der Waals surface area contributed by atoms with E-state index in [0.29, 0.717) is 35.4 Å². The lowest BCUT2D eigenvalue weighted by atomic mass is 10.3. The predicted molar refractivity (Wildman–Crippen MR) is 102 cm³/mol. The van der Waals surface area contributed by atoms with E-state index >= 15 is 0 Å². The van der Waals surface area contributed by atoms with Gasteiger partial charge in [0.05, 0.1) is 12.8 Å². The van der Waals surface area contributed by atoms with E-state index in [1.165, 1.54) is 4.68 Å². The minimum atomic E-state index is -0.353. The minimum Gasteiger partial charge on any atom is -0.484 e. The van der Waals surface area contributed by atoms with Crippen LogP contribution < -0.4 is 10.1 Å². The summed E-state index contributed by atoms with van der Waals surface area (Å²) >= 11 is 0. The minimum absolute atomic E-state index is 0.171. The topological polar surface area (TPSA) is 95.1 Å². The third-order valence-corrected chi connectivity index (χ3v) is 3.87. The Morgan fingerprint density at radius 2 is 2.00 bits per heavy atom. The number of hydrogen-bond donors (Lipinski definition) is 1. The largest absolute Gasteiger partial charge is 0.484 e. The Kier molecular flexibility index (Phi) is 5.10. The summed E-state index contributed by atoms with van der Waals surface area (Å²) in [5, 5.41) is 7.42. The van der Waals surface area contributed by atoms with Crippen molar-refractivity contribution in [2.24, 2.45) is 0 Å². The summed E-state index contributed by atoms with van der Waals surface area (Å²) in [5.41, 5.74) is 0.707. The van der Waals surface area contributed by atoms with Gasteiger partial charge in [0.15, 0.2) is 12.4 Å². The van der Waals surface area contributed by atoms with Crippen molar-refractivity contribution in [2.75, 3.05) is 11.9 Å². The molecule has 0 atom stereocenters. The van der Waals surface area contributed by atoms with Crippen LogP contribution in [0.2, 0.25) is 0 Å². The average molecular weight is 375 g/mol. The monoisotopic (exact) mass is 375 g/mol. The third-order valence-electron chi connectivity index (χ3n) is 3.87. The van der Waals surface area contributed by atoms with Crippen molar-refractivity contribution in [3.63, 3.8) is 0 Å². The number of rotatable bonds is 7. The van der Waals surface area contributed by atoms with Crippen LogP contribution in [-0.4, -0.2) is 32.3 Å². The Bertz CT molecular complexity index is 1030. The summed E-state index contributed by atoms with van der Waals surface area (Å²) in [6, 6.07) is 16.4. The van der Waals surface area contributed by atoms with Gasteiger partial charge in [0.1, 0.15) is 11.5 Å². The summed E-state index contributed by atoms with van der Waals surface area (Å²) in [6.45, 7) is 0.195. The van der Waals surface area contributed by atoms with Gasteiger partial charge in [-0.25, -0.2) is 0 Å². The van der Waals surface area contributed by atoms with Crippen LogP contribution in [0.4, 0.5) is 5.95 Å². The Morgan fingerprint density at radius 3 is 2.75 bits per heavy atom. The number of carbonyl (C=O) groups is 1. The van der Waals surface area contributed by atoms with Crippen LogP contribution in [0.1, 0.15) is 10.6 Å². The molecule has 0 bridgehead atoms. The van der Waals surface area contributed by atoms with Crippen LogP contribution in [0.25, 0.3) is 11.4 Å². The molecular weight excluding hydrogens is 358 g/mol. The van der Waals surface area contributed by atoms with Crippen molar-refractivity contribution in [3.05, 3.63) is 79.0 Å². The molecule has 1 aromatic carbocycles. The molecule has 0 amide bonds. The maximum atomic E-state index is 12.7. The highest BCUT2D eigenvalue weighted by Crippen LogP contribution is 2.18. The summed E-state index contributed by atoms with van der Waals surface area (Å²) in [5.74, 6) is 1.66. The first kappa shape index (κ1) is 17.5. The van der Waals surface area contributed by atoms with Gasteiger partial charge < -0.3 is 14.5 Å². The molecular formula is C20H17N5O3. The van der Waals surface area contributed by atoms with Gasteiger partial charge in [-0.2, -0.15) is 9.67 Å². The molecule has 0 spiro atoms. The van der Waals surface area contributed by atoms with E-state index in [-0.39, 0.29) is 12.5 Å². The average Bonchev–Trinajstić information content (AvgIpc) is 3.42. The normalized spacial score (nSPS) is 10.6. The maximum absolute atomic E-state index is 12.7. The van der Waals surface area contributed by atoms with Gasteiger partial charge in [-0.1, -0.05) is 18.2 Å². The zero-order chi connectivity index (χ0) is 19.2. The molecule has 8 nitrogen and oxygen atoms in total. The number of nitrogens with one attached hydrogen (secondary N) is 1. The highest BCUT2D eigenvalue weighted by molar-refractivity contribution is 5.82. The second-order valence-electron chi connectivity index (χ2n) is 5.84. The van der Waals surface area contributed by atoms with Gasteiger partial charge in [-0.3, -0.25) is 9.78 Å². The SMILES string of the molecule is O=C(COc1ccccc1)n1nc(-c2cccnc2)nc1NCc1ccco1. The Hall–Kier alpha value is -3.94. The summed E-state index contributed by atoms with van der Waals surface area (Å²) in [6.07, 6.45) is 4.89. The number of ether oxygens (including phenoxy) is 1. The summed E-state index contributed by atoms with van der Waals surface area (Å²) < 4.78 is 12.1. The lowest BCUT2D eigenvalue weighted by Crippen LogP contribution is -2.22. The maximum Gasteiger partial charge on any atom is 0.287 e. The van der Waals surface area contributed by atoms with Crippen LogP contribution in [0.15, 0.2) is 77.7 Å². The summed E-state index contributed by atoms with van der Waals surface area (Å²) in [7, 11) is 0. The molecule has 4 aromatic rings. The molecule has 0 unspecified atom stereocenters. The molecule has 0 saturated carbocycles. The second-order valence-corrected chi connectivity index (χ2v) is 5.84. The van der Waals surface area contributed by atoms with Crippen molar-refractivity contribution in [2.45, 2.75) is 6.54 Å². The van der Waals surface area contributed by atoms with Crippen molar-refractivity contribution < 1.29 is 13.9 Å². The molecule has 0 saturated heterocycles. The van der Waals surface area contributed by atoms with Crippen LogP contribution in [-0.2, 0) is 6.54 Å². The van der Waals surface area contributed by atoms with Crippen molar-refractivity contribution >= 4 is 11.9 Å². The van der Waals surface area contributed by atoms with Crippen LogP contribution in [0, 0.1) is 0 Å². The molecule has 0 aliphatic heterocycles. The summed E-state index contributed by atoms with van der Waals surface area (Å²) in [4.78, 5) is 21.2. The van der Waals surface area contributed by atoms with Gasteiger partial charge in [0, 0.05) is 18.0 Å². The molecule has 8 heteroatoms. The van der Waals surface area contributed by atoms with Crippen LogP contribution >= 0.6 is 0 Å². The zero-order valence-electron chi connectivity index (χ0n) is 14.9. The van der Waals surface area contributed by atoms with Gasteiger partial charge in [0.25, 0.3) is 5.91 Å². The first-order chi connectivity index (χ1) is 13.8. The Balaban J connectivity index is 1.56. The van der Waals surface area contributed by atoms with Gasteiger partial charge >= 0.3 is 0 Å². The number of nitrogens with zero attached hydrogens (tertiary/aromatic N) is 4. The number of carbonyl (C=O) groups excluding carboxylic acids is 1. The number of furan rings is 1. The number of para-hydroxylation sites is 1.